The fourth-order valence-corrected chi connectivity index (χ4v) is 4.94. The highest BCUT2D eigenvalue weighted by atomic mass is 35.5. The van der Waals surface area contributed by atoms with Gasteiger partial charge in [-0.25, -0.2) is 17.2 Å². The summed E-state index contributed by atoms with van der Waals surface area (Å²) < 4.78 is 62.8. The van der Waals surface area contributed by atoms with Gasteiger partial charge in [0.25, 0.3) is 0 Å². The molecule has 166 valence electrons. The highest BCUT2D eigenvalue weighted by Crippen LogP contribution is 2.37. The van der Waals surface area contributed by atoms with E-state index in [0.717, 1.165) is 24.8 Å². The summed E-state index contributed by atoms with van der Waals surface area (Å²) in [5, 5.41) is 13.2. The normalized spacial score (nSPS) is 13.8. The van der Waals surface area contributed by atoms with E-state index in [1.807, 2.05) is 6.92 Å². The summed E-state index contributed by atoms with van der Waals surface area (Å²) in [6.45, 7) is 5.19. The first-order valence-electron chi connectivity index (χ1n) is 9.11. The Morgan fingerprint density at radius 2 is 1.90 bits per heavy atom. The highest BCUT2D eigenvalue weighted by molar-refractivity contribution is 7.89. The number of hydrogen-bond acceptors (Lipinski definition) is 6. The van der Waals surface area contributed by atoms with Crippen LogP contribution in [0, 0.1) is 25.5 Å². The third-order valence-electron chi connectivity index (χ3n) is 5.12. The smallest absolute Gasteiger partial charge is 0.245 e. The number of tetrazole rings is 1. The maximum Gasteiger partial charge on any atom is 0.245 e. The molecule has 12 heteroatoms. The average Bonchev–Trinajstić information content (AvgIpc) is 3.25. The Morgan fingerprint density at radius 3 is 2.52 bits per heavy atom. The van der Waals surface area contributed by atoms with E-state index < -0.39 is 44.3 Å². The number of ether oxygens (including phenoxy) is 1. The van der Waals surface area contributed by atoms with Crippen molar-refractivity contribution in [2.45, 2.75) is 37.6 Å². The van der Waals surface area contributed by atoms with Gasteiger partial charge in [0.05, 0.1) is 18.2 Å². The van der Waals surface area contributed by atoms with E-state index in [2.05, 4.69) is 25.3 Å². The van der Waals surface area contributed by atoms with Crippen molar-refractivity contribution >= 4 is 21.6 Å². The van der Waals surface area contributed by atoms with Gasteiger partial charge in [0.15, 0.2) is 17.4 Å². The molecule has 0 bridgehead atoms. The molecule has 0 aliphatic rings. The lowest BCUT2D eigenvalue weighted by molar-refractivity contribution is 0.373. The molecule has 2 atom stereocenters. The van der Waals surface area contributed by atoms with Gasteiger partial charge < -0.3 is 4.74 Å². The van der Waals surface area contributed by atoms with Crippen molar-refractivity contribution in [1.29, 1.82) is 0 Å². The zero-order valence-corrected chi connectivity index (χ0v) is 18.6. The Kier molecular flexibility index (Phi) is 6.58. The van der Waals surface area contributed by atoms with Gasteiger partial charge in [0.2, 0.25) is 10.0 Å². The molecule has 0 amide bonds. The molecule has 0 aliphatic heterocycles. The summed E-state index contributed by atoms with van der Waals surface area (Å²) >= 11 is 5.74. The minimum atomic E-state index is -4.37. The molecule has 0 spiro atoms. The van der Waals surface area contributed by atoms with E-state index >= 15 is 0 Å². The van der Waals surface area contributed by atoms with E-state index in [1.54, 1.807) is 19.9 Å². The SMILES string of the molecule is COc1c(S(=O)(=O)NC(c2nn[nH]n2)C(C)c2c(F)ccc(C)c2C)ccc(Cl)c1F. The molecule has 2 aromatic carbocycles. The number of nitrogens with zero attached hydrogens (tertiary/aromatic N) is 3. The van der Waals surface area contributed by atoms with Gasteiger partial charge >= 0.3 is 0 Å². The highest BCUT2D eigenvalue weighted by Gasteiger charge is 2.34. The van der Waals surface area contributed by atoms with Crippen LogP contribution in [0.5, 0.6) is 5.75 Å². The first kappa shape index (κ1) is 23.0. The molecule has 31 heavy (non-hydrogen) atoms. The number of halogens is 3. The molecule has 0 radical (unpaired) electrons. The van der Waals surface area contributed by atoms with Crippen LogP contribution >= 0.6 is 11.6 Å². The minimum Gasteiger partial charge on any atom is -0.492 e. The van der Waals surface area contributed by atoms with E-state index in [1.165, 1.54) is 6.07 Å². The molecule has 0 aliphatic carbocycles. The molecule has 3 aromatic rings. The number of sulfonamides is 1. The molecular formula is C19H20ClF2N5O3S. The van der Waals surface area contributed by atoms with E-state index in [9.17, 15) is 17.2 Å². The molecule has 2 N–H and O–H groups in total. The van der Waals surface area contributed by atoms with Gasteiger partial charge in [0.1, 0.15) is 10.7 Å². The lowest BCUT2D eigenvalue weighted by Gasteiger charge is -2.25. The Bertz CT molecular complexity index is 1210. The quantitative estimate of drug-likeness (QED) is 0.545. The molecule has 0 saturated heterocycles. The fraction of sp³-hybridized carbons (Fsp3) is 0.316. The van der Waals surface area contributed by atoms with Crippen LogP contribution in [0.15, 0.2) is 29.2 Å². The largest absolute Gasteiger partial charge is 0.492 e. The van der Waals surface area contributed by atoms with Crippen molar-refractivity contribution in [3.8, 4) is 5.75 Å². The predicted octanol–water partition coefficient (Wildman–Crippen LogP) is 3.58. The first-order chi connectivity index (χ1) is 14.6. The summed E-state index contributed by atoms with van der Waals surface area (Å²) in [7, 11) is -3.25. The number of hydrogen-bond donors (Lipinski definition) is 2. The molecular weight excluding hydrogens is 452 g/mol. The van der Waals surface area contributed by atoms with Gasteiger partial charge in [-0.1, -0.05) is 29.8 Å². The zero-order valence-electron chi connectivity index (χ0n) is 17.1. The van der Waals surface area contributed by atoms with Crippen LogP contribution in [-0.2, 0) is 10.0 Å². The van der Waals surface area contributed by atoms with Crippen LogP contribution in [-0.4, -0.2) is 36.2 Å². The van der Waals surface area contributed by atoms with Crippen LogP contribution in [0.2, 0.25) is 5.02 Å². The molecule has 0 saturated carbocycles. The Morgan fingerprint density at radius 1 is 1.19 bits per heavy atom. The third-order valence-corrected chi connectivity index (χ3v) is 6.87. The number of H-pyrrole nitrogens is 1. The lowest BCUT2D eigenvalue weighted by atomic mass is 9.88. The molecule has 1 aromatic heterocycles. The summed E-state index contributed by atoms with van der Waals surface area (Å²) in [6, 6.07) is 4.04. The molecule has 1 heterocycles. The van der Waals surface area contributed by atoms with Gasteiger partial charge in [-0.2, -0.15) is 9.94 Å². The number of methoxy groups -OCH3 is 1. The Hall–Kier alpha value is -2.63. The predicted molar refractivity (Wildman–Crippen MR) is 109 cm³/mol. The van der Waals surface area contributed by atoms with Crippen LogP contribution in [0.4, 0.5) is 8.78 Å². The summed E-state index contributed by atoms with van der Waals surface area (Å²) in [5.41, 5.74) is 1.79. The van der Waals surface area contributed by atoms with Gasteiger partial charge in [0, 0.05) is 5.92 Å². The maximum absolute atomic E-state index is 14.7. The maximum atomic E-state index is 14.7. The van der Waals surface area contributed by atoms with Crippen molar-refractivity contribution in [3.63, 3.8) is 0 Å². The minimum absolute atomic E-state index is 0.00946. The number of aryl methyl sites for hydroxylation is 1. The Balaban J connectivity index is 2.11. The molecule has 8 nitrogen and oxygen atoms in total. The molecule has 0 fully saturated rings. The van der Waals surface area contributed by atoms with Crippen LogP contribution in [0.25, 0.3) is 0 Å². The van der Waals surface area contributed by atoms with Crippen LogP contribution in [0.1, 0.15) is 41.4 Å². The van der Waals surface area contributed by atoms with Crippen LogP contribution < -0.4 is 9.46 Å². The monoisotopic (exact) mass is 471 g/mol. The topological polar surface area (TPSA) is 110 Å². The molecule has 3 rings (SSSR count). The number of rotatable bonds is 7. The van der Waals surface area contributed by atoms with Crippen molar-refractivity contribution in [1.82, 2.24) is 25.3 Å². The summed E-state index contributed by atoms with van der Waals surface area (Å²) in [5.74, 6) is -2.81. The number of benzene rings is 2. The lowest BCUT2D eigenvalue weighted by Crippen LogP contribution is -2.33. The van der Waals surface area contributed by atoms with Crippen molar-refractivity contribution in [3.05, 3.63) is 63.4 Å². The summed E-state index contributed by atoms with van der Waals surface area (Å²) in [4.78, 5) is -0.473. The fourth-order valence-electron chi connectivity index (χ4n) is 3.36. The van der Waals surface area contributed by atoms with E-state index in [4.69, 9.17) is 16.3 Å². The number of aromatic nitrogens is 4. The summed E-state index contributed by atoms with van der Waals surface area (Å²) in [6.07, 6.45) is 0. The Labute approximate surface area is 183 Å². The molecule has 2 unspecified atom stereocenters. The van der Waals surface area contributed by atoms with Crippen molar-refractivity contribution in [2.24, 2.45) is 0 Å². The average molecular weight is 472 g/mol. The first-order valence-corrected chi connectivity index (χ1v) is 11.0. The number of nitrogens with one attached hydrogen (secondary N) is 2. The van der Waals surface area contributed by atoms with Gasteiger partial charge in [-0.15, -0.1) is 10.2 Å². The second-order valence-electron chi connectivity index (χ2n) is 6.95. The zero-order chi connectivity index (χ0) is 22.9. The van der Waals surface area contributed by atoms with Crippen LogP contribution in [0.3, 0.4) is 0 Å². The van der Waals surface area contributed by atoms with Crippen molar-refractivity contribution < 1.29 is 21.9 Å². The number of aromatic amines is 1. The standard InChI is InChI=1S/C19H20ClF2N5O3S/c1-9-5-7-13(21)15(10(9)2)11(3)17(19-23-26-27-24-19)25-31(28,29)14-8-6-12(20)16(22)18(14)30-4/h5-8,11,17,25H,1-4H3,(H,23,24,26,27). The van der Waals surface area contributed by atoms with Gasteiger partial charge in [-0.05, 0) is 48.7 Å². The van der Waals surface area contributed by atoms with Crippen molar-refractivity contribution in [2.75, 3.05) is 7.11 Å². The van der Waals surface area contributed by atoms with E-state index in [0.29, 0.717) is 11.1 Å². The van der Waals surface area contributed by atoms with Gasteiger partial charge in [-0.3, -0.25) is 0 Å². The second kappa shape index (κ2) is 8.85. The van der Waals surface area contributed by atoms with E-state index in [-0.39, 0.29) is 10.8 Å². The third kappa shape index (κ3) is 4.39. The second-order valence-corrected chi connectivity index (χ2v) is 9.04.